The molecule has 4 saturated heterocycles. The van der Waals surface area contributed by atoms with Crippen molar-refractivity contribution in [3.63, 3.8) is 0 Å². The number of H-pyrrole nitrogens is 1. The van der Waals surface area contributed by atoms with Crippen molar-refractivity contribution >= 4 is 65.6 Å². The Kier molecular flexibility index (Phi) is 10.8. The monoisotopic (exact) mass is 914 g/mol. The van der Waals surface area contributed by atoms with Crippen molar-refractivity contribution in [2.45, 2.75) is 58.0 Å². The zero-order valence-electron chi connectivity index (χ0n) is 34.9. The quantitative estimate of drug-likeness (QED) is 0.149. The van der Waals surface area contributed by atoms with E-state index in [1.54, 1.807) is 12.1 Å². The number of likely N-dealkylation sites (tertiary alicyclic amines) is 2. The molecule has 4 aliphatic heterocycles. The maximum atomic E-state index is 12.9. The summed E-state index contributed by atoms with van der Waals surface area (Å²) in [5.74, 6) is 1.51. The first-order valence-electron chi connectivity index (χ1n) is 21.2. The van der Waals surface area contributed by atoms with Gasteiger partial charge in [-0.2, -0.15) is 31.6 Å². The Hall–Kier alpha value is -5.35. The molecule has 18 heteroatoms. The topological polar surface area (TPSA) is 104 Å². The van der Waals surface area contributed by atoms with Crippen LogP contribution in [-0.4, -0.2) is 99.4 Å². The van der Waals surface area contributed by atoms with E-state index in [1.807, 2.05) is 18.2 Å². The summed E-state index contributed by atoms with van der Waals surface area (Å²) in [5.41, 5.74) is 5.80. The number of aromatic amines is 1. The lowest BCUT2D eigenvalue weighted by Crippen LogP contribution is -2.58. The van der Waals surface area contributed by atoms with Crippen LogP contribution in [0.5, 0.6) is 0 Å². The summed E-state index contributed by atoms with van der Waals surface area (Å²) in [6, 6.07) is 22.0. The third-order valence-electron chi connectivity index (χ3n) is 13.2. The first-order chi connectivity index (χ1) is 30.6. The molecule has 0 amide bonds. The van der Waals surface area contributed by atoms with Gasteiger partial charge in [-0.1, -0.05) is 36.4 Å². The molecule has 0 unspecified atom stereocenters. The van der Waals surface area contributed by atoms with Gasteiger partial charge in [0.05, 0.1) is 23.6 Å². The Morgan fingerprint density at radius 3 is 1.72 bits per heavy atom. The first-order valence-corrected chi connectivity index (χ1v) is 22.8. The normalized spacial score (nSPS) is 18.5. The summed E-state index contributed by atoms with van der Waals surface area (Å²) in [6.45, 7) is 11.5. The van der Waals surface area contributed by atoms with Crippen molar-refractivity contribution < 1.29 is 26.3 Å². The number of nitrogens with one attached hydrogen (secondary N) is 1. The lowest BCUT2D eigenvalue weighted by Gasteiger charge is -2.49. The molecule has 5 aromatic heterocycles. The summed E-state index contributed by atoms with van der Waals surface area (Å²) in [7, 11) is 0. The molecule has 0 saturated carbocycles. The minimum Gasteiger partial charge on any atom is -0.355 e. The van der Waals surface area contributed by atoms with Crippen molar-refractivity contribution in [3.8, 4) is 6.07 Å². The van der Waals surface area contributed by atoms with E-state index in [0.717, 1.165) is 129 Å². The number of fused-ring (bicyclic) bond motifs is 3. The SMILES string of the molecule is Cc1c(CN2CCC3(C2)CN(c2ncnc4sc(CC(F)(F)F)cc24)C3)ccc2[nH]c(C#N)cc12.FC(F)(F)Cc1cc2c(N3CC4(CCN(Cc5ccccc5)C4)C3)ncnc2s1. The van der Waals surface area contributed by atoms with E-state index in [-0.39, 0.29) is 15.7 Å². The van der Waals surface area contributed by atoms with Gasteiger partial charge in [-0.3, -0.25) is 9.80 Å². The van der Waals surface area contributed by atoms with Gasteiger partial charge < -0.3 is 14.8 Å². The number of rotatable bonds is 8. The van der Waals surface area contributed by atoms with Crippen LogP contribution < -0.4 is 9.80 Å². The van der Waals surface area contributed by atoms with Crippen LogP contribution in [0.3, 0.4) is 0 Å². The maximum absolute atomic E-state index is 12.9. The Morgan fingerprint density at radius 2 is 1.20 bits per heavy atom. The molecule has 0 atom stereocenters. The number of nitrogens with zero attached hydrogens (tertiary/aromatic N) is 9. The van der Waals surface area contributed by atoms with Gasteiger partial charge in [-0.25, -0.2) is 19.9 Å². The fraction of sp³-hybridized carbons (Fsp3) is 0.413. The molecule has 10 nitrogen and oxygen atoms in total. The molecule has 0 radical (unpaired) electrons. The maximum Gasteiger partial charge on any atom is 0.393 e. The minimum absolute atomic E-state index is 0.183. The smallest absolute Gasteiger partial charge is 0.355 e. The predicted octanol–water partition coefficient (Wildman–Crippen LogP) is 9.68. The van der Waals surface area contributed by atoms with Gasteiger partial charge in [0.2, 0.25) is 0 Å². The highest BCUT2D eigenvalue weighted by Crippen LogP contribution is 2.46. The molecular weight excluding hydrogens is 871 g/mol. The van der Waals surface area contributed by atoms with Crippen molar-refractivity contribution in [2.75, 3.05) is 62.2 Å². The largest absolute Gasteiger partial charge is 0.393 e. The molecule has 9 heterocycles. The van der Waals surface area contributed by atoms with Gasteiger partial charge in [-0.05, 0) is 73.8 Å². The Bertz CT molecular complexity index is 2870. The Morgan fingerprint density at radius 1 is 0.672 bits per heavy atom. The fourth-order valence-corrected chi connectivity index (χ4v) is 12.3. The summed E-state index contributed by atoms with van der Waals surface area (Å²) in [5, 5.41) is 11.7. The summed E-state index contributed by atoms with van der Waals surface area (Å²) in [6.07, 6.45) is -5.13. The number of halogens is 6. The molecule has 64 heavy (non-hydrogen) atoms. The summed E-state index contributed by atoms with van der Waals surface area (Å²) < 4.78 is 76.8. The van der Waals surface area contributed by atoms with Crippen molar-refractivity contribution in [3.05, 3.63) is 105 Å². The third-order valence-corrected chi connectivity index (χ3v) is 15.2. The highest BCUT2D eigenvalue weighted by molar-refractivity contribution is 7.19. The second-order valence-corrected chi connectivity index (χ2v) is 20.3. The second kappa shape index (κ2) is 16.3. The van der Waals surface area contributed by atoms with Gasteiger partial charge in [-0.15, -0.1) is 22.7 Å². The van der Waals surface area contributed by atoms with E-state index in [4.69, 9.17) is 0 Å². The number of hydrogen-bond acceptors (Lipinski definition) is 11. The van der Waals surface area contributed by atoms with E-state index in [2.05, 4.69) is 87.8 Å². The van der Waals surface area contributed by atoms with Crippen LogP contribution >= 0.6 is 22.7 Å². The number of hydrogen-bond donors (Lipinski definition) is 1. The average Bonchev–Trinajstić information content (AvgIpc) is 4.06. The number of anilines is 2. The molecule has 0 bridgehead atoms. The minimum atomic E-state index is -4.23. The van der Waals surface area contributed by atoms with Gasteiger partial charge in [0.25, 0.3) is 0 Å². The van der Waals surface area contributed by atoms with Gasteiger partial charge in [0, 0.05) is 83.8 Å². The number of aromatic nitrogens is 5. The number of benzene rings is 2. The van der Waals surface area contributed by atoms with Gasteiger partial charge >= 0.3 is 12.4 Å². The van der Waals surface area contributed by atoms with Crippen LogP contribution in [0.25, 0.3) is 31.3 Å². The third kappa shape index (κ3) is 8.74. The van der Waals surface area contributed by atoms with Crippen LogP contribution in [0.15, 0.2) is 73.3 Å². The van der Waals surface area contributed by atoms with Crippen molar-refractivity contribution in [1.29, 1.82) is 5.26 Å². The summed E-state index contributed by atoms with van der Waals surface area (Å²) >= 11 is 2.20. The van der Waals surface area contributed by atoms with Crippen LogP contribution in [0.1, 0.15) is 45.0 Å². The van der Waals surface area contributed by atoms with E-state index >= 15 is 0 Å². The number of aryl methyl sites for hydroxylation is 1. The van der Waals surface area contributed by atoms with Crippen molar-refractivity contribution in [2.24, 2.45) is 10.8 Å². The van der Waals surface area contributed by atoms with E-state index < -0.39 is 25.2 Å². The molecule has 11 rings (SSSR count). The number of alkyl halides is 6. The molecular formula is C46H44F6N10S2. The molecule has 7 aromatic rings. The summed E-state index contributed by atoms with van der Waals surface area (Å²) in [4.78, 5) is 31.5. The van der Waals surface area contributed by atoms with E-state index in [9.17, 15) is 31.6 Å². The lowest BCUT2D eigenvalue weighted by atomic mass is 9.79. The van der Waals surface area contributed by atoms with E-state index in [0.29, 0.717) is 25.6 Å². The van der Waals surface area contributed by atoms with Crippen LogP contribution in [0, 0.1) is 29.1 Å². The Balaban J connectivity index is 0.000000154. The van der Waals surface area contributed by atoms with Crippen LogP contribution in [0.2, 0.25) is 0 Å². The highest BCUT2D eigenvalue weighted by Gasteiger charge is 2.49. The standard InChI is InChI=1S/C25H23F3N6S.C21H21F3N4S/c1-15-16(2-3-21-19(15)6-17(9-29)32-21)10-33-5-4-24(11-33)12-34(13-24)22-20-7-18(8-25(26,27)28)35-23(20)31-14-30-22;22-21(23,24)9-16-8-17-18(25-14-26-19(17)29-16)28-12-20(13-28)6-7-27(11-20)10-15-4-2-1-3-5-15/h2-3,6-7,14,32H,4-5,8,10-13H2,1H3;1-5,8,14H,6-7,9-13H2. The molecule has 4 aliphatic rings. The predicted molar refractivity (Wildman–Crippen MR) is 238 cm³/mol. The molecule has 2 aromatic carbocycles. The van der Waals surface area contributed by atoms with Gasteiger partial charge in [0.15, 0.2) is 0 Å². The molecule has 4 fully saturated rings. The number of nitriles is 1. The molecule has 2 spiro atoms. The molecule has 0 aliphatic carbocycles. The van der Waals surface area contributed by atoms with Crippen molar-refractivity contribution in [1.82, 2.24) is 34.7 Å². The van der Waals surface area contributed by atoms with Crippen LogP contribution in [0.4, 0.5) is 38.0 Å². The zero-order chi connectivity index (χ0) is 44.4. The number of thiophene rings is 2. The average molecular weight is 915 g/mol. The van der Waals surface area contributed by atoms with E-state index in [1.165, 1.54) is 29.3 Å². The second-order valence-electron chi connectivity index (χ2n) is 18.1. The Labute approximate surface area is 373 Å². The van der Waals surface area contributed by atoms with Crippen LogP contribution in [-0.2, 0) is 25.9 Å². The first kappa shape index (κ1) is 42.6. The van der Waals surface area contributed by atoms with Gasteiger partial charge in [0.1, 0.15) is 45.7 Å². The molecule has 332 valence electrons. The zero-order valence-corrected chi connectivity index (χ0v) is 36.6. The lowest BCUT2D eigenvalue weighted by molar-refractivity contribution is -0.127. The molecule has 1 N–H and O–H groups in total. The fourth-order valence-electron chi connectivity index (χ4n) is 10.2. The highest BCUT2D eigenvalue weighted by atomic mass is 32.1.